The Labute approximate surface area is 74.1 Å². The third-order valence-corrected chi connectivity index (χ3v) is 3.60. The Morgan fingerprint density at radius 3 is 2.33 bits per heavy atom. The summed E-state index contributed by atoms with van der Waals surface area (Å²) in [6.07, 6.45) is 6.89. The Morgan fingerprint density at radius 1 is 1.25 bits per heavy atom. The molecule has 2 rings (SSSR count). The lowest BCUT2D eigenvalue weighted by molar-refractivity contribution is -0.0252. The lowest BCUT2D eigenvalue weighted by Gasteiger charge is -2.36. The summed E-state index contributed by atoms with van der Waals surface area (Å²) < 4.78 is 0. The van der Waals surface area contributed by atoms with Crippen LogP contribution in [0.1, 0.15) is 38.5 Å². The first kappa shape index (κ1) is 8.52. The molecule has 2 fully saturated rings. The molecule has 2 aliphatic carbocycles. The van der Waals surface area contributed by atoms with Crippen molar-refractivity contribution in [2.75, 3.05) is 6.54 Å². The Kier molecular flexibility index (Phi) is 2.13. The maximum absolute atomic E-state index is 10.2. The van der Waals surface area contributed by atoms with Crippen molar-refractivity contribution in [3.63, 3.8) is 0 Å². The summed E-state index contributed by atoms with van der Waals surface area (Å²) in [5, 5.41) is 10.2. The van der Waals surface area contributed by atoms with Gasteiger partial charge in [-0.05, 0) is 44.1 Å². The third-order valence-electron chi connectivity index (χ3n) is 3.60. The summed E-state index contributed by atoms with van der Waals surface area (Å²) in [5.41, 5.74) is 5.11. The molecule has 12 heavy (non-hydrogen) atoms. The van der Waals surface area contributed by atoms with Crippen LogP contribution >= 0.6 is 0 Å². The average molecular weight is 169 g/mol. The largest absolute Gasteiger partial charge is 0.390 e. The molecule has 2 nitrogen and oxygen atoms in total. The highest BCUT2D eigenvalue weighted by atomic mass is 16.3. The molecule has 0 spiro atoms. The maximum atomic E-state index is 10.2. The lowest BCUT2D eigenvalue weighted by atomic mass is 9.76. The van der Waals surface area contributed by atoms with Crippen LogP contribution in [-0.4, -0.2) is 17.3 Å². The van der Waals surface area contributed by atoms with Gasteiger partial charge in [0.2, 0.25) is 0 Å². The molecule has 2 saturated carbocycles. The van der Waals surface area contributed by atoms with Crippen LogP contribution in [0, 0.1) is 11.8 Å². The van der Waals surface area contributed by atoms with Gasteiger partial charge in [0, 0.05) is 0 Å². The van der Waals surface area contributed by atoms with E-state index >= 15 is 0 Å². The van der Waals surface area contributed by atoms with Crippen LogP contribution < -0.4 is 5.73 Å². The second kappa shape index (κ2) is 3.00. The van der Waals surface area contributed by atoms with Crippen LogP contribution in [0.4, 0.5) is 0 Å². The molecule has 0 saturated heterocycles. The predicted octanol–water partition coefficient (Wildman–Crippen LogP) is 1.28. The molecule has 3 N–H and O–H groups in total. The van der Waals surface area contributed by atoms with Crippen LogP contribution in [-0.2, 0) is 0 Å². The Morgan fingerprint density at radius 2 is 1.83 bits per heavy atom. The zero-order valence-electron chi connectivity index (χ0n) is 7.63. The van der Waals surface area contributed by atoms with Crippen molar-refractivity contribution in [2.45, 2.75) is 44.1 Å². The van der Waals surface area contributed by atoms with Crippen molar-refractivity contribution in [2.24, 2.45) is 17.6 Å². The molecular weight excluding hydrogens is 150 g/mol. The summed E-state index contributed by atoms with van der Waals surface area (Å²) in [7, 11) is 0. The minimum Gasteiger partial charge on any atom is -0.390 e. The van der Waals surface area contributed by atoms with Crippen molar-refractivity contribution in [3.05, 3.63) is 0 Å². The smallest absolute Gasteiger partial charge is 0.0665 e. The molecule has 0 aromatic heterocycles. The highest BCUT2D eigenvalue weighted by Gasteiger charge is 2.41. The minimum atomic E-state index is -0.390. The SMILES string of the molecule is NCCC1(O)CC2CCC(C2)C1. The first-order valence-corrected chi connectivity index (χ1v) is 5.14. The van der Waals surface area contributed by atoms with Crippen molar-refractivity contribution >= 4 is 0 Å². The van der Waals surface area contributed by atoms with E-state index in [9.17, 15) is 5.11 Å². The molecule has 0 radical (unpaired) electrons. The van der Waals surface area contributed by atoms with E-state index in [1.54, 1.807) is 0 Å². The number of rotatable bonds is 2. The van der Waals surface area contributed by atoms with E-state index in [4.69, 9.17) is 5.73 Å². The fourth-order valence-corrected chi connectivity index (χ4v) is 3.18. The topological polar surface area (TPSA) is 46.2 Å². The quantitative estimate of drug-likeness (QED) is 0.654. The van der Waals surface area contributed by atoms with E-state index in [2.05, 4.69) is 0 Å². The molecule has 2 unspecified atom stereocenters. The molecule has 0 aliphatic heterocycles. The first-order chi connectivity index (χ1) is 5.72. The average Bonchev–Trinajstić information content (AvgIpc) is 2.31. The highest BCUT2D eigenvalue weighted by Crippen LogP contribution is 2.47. The first-order valence-electron chi connectivity index (χ1n) is 5.14. The fraction of sp³-hybridized carbons (Fsp3) is 1.00. The third kappa shape index (κ3) is 1.50. The van der Waals surface area contributed by atoms with Gasteiger partial charge < -0.3 is 10.8 Å². The second-order valence-electron chi connectivity index (χ2n) is 4.72. The van der Waals surface area contributed by atoms with Crippen molar-refractivity contribution in [1.29, 1.82) is 0 Å². The zero-order chi connectivity index (χ0) is 8.60. The van der Waals surface area contributed by atoms with Gasteiger partial charge in [0.25, 0.3) is 0 Å². The van der Waals surface area contributed by atoms with Gasteiger partial charge in [-0.2, -0.15) is 0 Å². The number of fused-ring (bicyclic) bond motifs is 2. The van der Waals surface area contributed by atoms with Crippen LogP contribution in [0.3, 0.4) is 0 Å². The maximum Gasteiger partial charge on any atom is 0.0665 e. The number of hydrogen-bond acceptors (Lipinski definition) is 2. The van der Waals surface area contributed by atoms with Gasteiger partial charge in [0.05, 0.1) is 5.60 Å². The van der Waals surface area contributed by atoms with E-state index in [-0.39, 0.29) is 0 Å². The molecule has 0 amide bonds. The van der Waals surface area contributed by atoms with Gasteiger partial charge in [-0.3, -0.25) is 0 Å². The minimum absolute atomic E-state index is 0.390. The molecule has 2 atom stereocenters. The summed E-state index contributed by atoms with van der Waals surface area (Å²) in [5.74, 6) is 1.61. The van der Waals surface area contributed by atoms with Crippen LogP contribution in [0.25, 0.3) is 0 Å². The lowest BCUT2D eigenvalue weighted by Crippen LogP contribution is -2.37. The van der Waals surface area contributed by atoms with E-state index in [1.807, 2.05) is 0 Å². The summed E-state index contributed by atoms with van der Waals surface area (Å²) in [6, 6.07) is 0. The molecule has 0 aromatic rings. The van der Waals surface area contributed by atoms with Gasteiger partial charge in [0.15, 0.2) is 0 Å². The number of aliphatic hydroxyl groups is 1. The van der Waals surface area contributed by atoms with E-state index in [0.29, 0.717) is 6.54 Å². The van der Waals surface area contributed by atoms with E-state index in [1.165, 1.54) is 19.3 Å². The van der Waals surface area contributed by atoms with Gasteiger partial charge in [-0.1, -0.05) is 12.8 Å². The molecular formula is C10H19NO. The molecule has 2 aliphatic rings. The fourth-order valence-electron chi connectivity index (χ4n) is 3.18. The van der Waals surface area contributed by atoms with E-state index < -0.39 is 5.60 Å². The highest BCUT2D eigenvalue weighted by molar-refractivity contribution is 4.94. The Balaban J connectivity index is 2.00. The monoisotopic (exact) mass is 169 g/mol. The Bertz CT molecular complexity index is 157. The summed E-state index contributed by atoms with van der Waals surface area (Å²) in [4.78, 5) is 0. The van der Waals surface area contributed by atoms with Crippen molar-refractivity contribution in [3.8, 4) is 0 Å². The van der Waals surface area contributed by atoms with Crippen molar-refractivity contribution < 1.29 is 5.11 Å². The van der Waals surface area contributed by atoms with Crippen LogP contribution in [0.2, 0.25) is 0 Å². The van der Waals surface area contributed by atoms with Crippen LogP contribution in [0.15, 0.2) is 0 Å². The van der Waals surface area contributed by atoms with E-state index in [0.717, 1.165) is 31.1 Å². The predicted molar refractivity (Wildman–Crippen MR) is 48.7 cm³/mol. The summed E-state index contributed by atoms with van der Waals surface area (Å²) in [6.45, 7) is 0.635. The molecule has 2 bridgehead atoms. The zero-order valence-corrected chi connectivity index (χ0v) is 7.63. The van der Waals surface area contributed by atoms with Crippen LogP contribution in [0.5, 0.6) is 0 Å². The second-order valence-corrected chi connectivity index (χ2v) is 4.72. The summed E-state index contributed by atoms with van der Waals surface area (Å²) >= 11 is 0. The molecule has 0 heterocycles. The van der Waals surface area contributed by atoms with Gasteiger partial charge >= 0.3 is 0 Å². The Hall–Kier alpha value is -0.0800. The normalized spacial score (nSPS) is 46.5. The van der Waals surface area contributed by atoms with Gasteiger partial charge in [-0.25, -0.2) is 0 Å². The number of hydrogen-bond donors (Lipinski definition) is 2. The molecule has 2 heteroatoms. The van der Waals surface area contributed by atoms with Gasteiger partial charge in [-0.15, -0.1) is 0 Å². The molecule has 70 valence electrons. The van der Waals surface area contributed by atoms with Crippen molar-refractivity contribution in [1.82, 2.24) is 0 Å². The van der Waals surface area contributed by atoms with Gasteiger partial charge in [0.1, 0.15) is 0 Å². The number of nitrogens with two attached hydrogens (primary N) is 1. The standard InChI is InChI=1S/C10H19NO/c11-4-3-10(12)6-8-1-2-9(5-8)7-10/h8-9,12H,1-7,11H2. The molecule has 0 aromatic carbocycles.